The molecule has 0 amide bonds. The molecule has 2 aromatic heterocycles. The molecule has 0 aliphatic heterocycles. The van der Waals surface area contributed by atoms with Crippen molar-refractivity contribution in [2.45, 2.75) is 39.8 Å². The summed E-state index contributed by atoms with van der Waals surface area (Å²) in [5.41, 5.74) is 3.38. The molecule has 0 saturated heterocycles. The standard InChI is InChI=1S/C27H30F2N6/c1-7-21(15-30-6)35-26-32-13-20(14-33-26)23-9-8-19(11-25(23)28)10-17(2)34-22-12-24(27(4,5)29)18(3)31-16-22/h7-9,11-16,34H,2,10H2,1,3-6H3,(H,32,33,35)/b21-7+,30-15-. The largest absolute Gasteiger partial charge is 0.358 e. The molecule has 35 heavy (non-hydrogen) atoms. The second kappa shape index (κ2) is 11.0. The lowest BCUT2D eigenvalue weighted by atomic mass is 9.98. The van der Waals surface area contributed by atoms with Crippen molar-refractivity contribution in [3.63, 3.8) is 0 Å². The number of aromatic nitrogens is 3. The molecule has 3 aromatic rings. The molecule has 6 nitrogen and oxygen atoms in total. The molecular formula is C27H30F2N6. The van der Waals surface area contributed by atoms with Crippen LogP contribution in [0.5, 0.6) is 0 Å². The normalized spacial score (nSPS) is 12.1. The lowest BCUT2D eigenvalue weighted by molar-refractivity contribution is 0.219. The number of allylic oxidation sites excluding steroid dienone is 3. The first kappa shape index (κ1) is 25.7. The summed E-state index contributed by atoms with van der Waals surface area (Å²) in [6, 6.07) is 6.72. The Hall–Kier alpha value is -3.94. The highest BCUT2D eigenvalue weighted by Crippen LogP contribution is 2.29. The average molecular weight is 477 g/mol. The third-order valence-electron chi connectivity index (χ3n) is 5.30. The van der Waals surface area contributed by atoms with Crippen LogP contribution in [0.1, 0.15) is 37.6 Å². The zero-order valence-electron chi connectivity index (χ0n) is 20.7. The van der Waals surface area contributed by atoms with Gasteiger partial charge in [0.05, 0.1) is 17.6 Å². The fraction of sp³-hybridized carbons (Fsp3) is 0.259. The summed E-state index contributed by atoms with van der Waals surface area (Å²) in [5, 5.41) is 6.19. The second-order valence-electron chi connectivity index (χ2n) is 8.60. The van der Waals surface area contributed by atoms with E-state index < -0.39 is 5.67 Å². The van der Waals surface area contributed by atoms with E-state index in [1.165, 1.54) is 19.9 Å². The Balaban J connectivity index is 1.69. The lowest BCUT2D eigenvalue weighted by Crippen LogP contribution is -2.13. The van der Waals surface area contributed by atoms with Crippen molar-refractivity contribution in [2.24, 2.45) is 4.99 Å². The molecule has 0 aliphatic carbocycles. The van der Waals surface area contributed by atoms with E-state index in [1.54, 1.807) is 50.9 Å². The predicted octanol–water partition coefficient (Wildman–Crippen LogP) is 6.38. The van der Waals surface area contributed by atoms with Gasteiger partial charge >= 0.3 is 0 Å². The SMILES string of the molecule is C=C(Cc1ccc(-c2cnc(NC(/C=N\C)=C/C)nc2)c(F)c1)Nc1cnc(C)c(C(C)(C)F)c1. The highest BCUT2D eigenvalue weighted by atomic mass is 19.1. The third kappa shape index (κ3) is 6.79. The minimum Gasteiger partial charge on any atom is -0.358 e. The summed E-state index contributed by atoms with van der Waals surface area (Å²) in [5.74, 6) is 0.0105. The monoisotopic (exact) mass is 476 g/mol. The predicted molar refractivity (Wildman–Crippen MR) is 139 cm³/mol. The fourth-order valence-corrected chi connectivity index (χ4v) is 3.58. The third-order valence-corrected chi connectivity index (χ3v) is 5.30. The van der Waals surface area contributed by atoms with Crippen LogP contribution in [0, 0.1) is 12.7 Å². The first-order valence-electron chi connectivity index (χ1n) is 11.2. The van der Waals surface area contributed by atoms with E-state index in [0.29, 0.717) is 46.1 Å². The van der Waals surface area contributed by atoms with Crippen LogP contribution in [0.3, 0.4) is 0 Å². The number of pyridine rings is 1. The number of benzene rings is 1. The maximum Gasteiger partial charge on any atom is 0.227 e. The Morgan fingerprint density at radius 2 is 1.83 bits per heavy atom. The topological polar surface area (TPSA) is 75.1 Å². The molecule has 0 fully saturated rings. The molecule has 1 aromatic carbocycles. The van der Waals surface area contributed by atoms with Gasteiger partial charge in [0.2, 0.25) is 5.95 Å². The molecule has 0 unspecified atom stereocenters. The van der Waals surface area contributed by atoms with Crippen LogP contribution in [0.4, 0.5) is 20.4 Å². The van der Waals surface area contributed by atoms with E-state index in [1.807, 2.05) is 19.1 Å². The quantitative estimate of drug-likeness (QED) is 0.351. The van der Waals surface area contributed by atoms with Crippen LogP contribution in [0.25, 0.3) is 11.1 Å². The summed E-state index contributed by atoms with van der Waals surface area (Å²) in [7, 11) is 1.68. The van der Waals surface area contributed by atoms with Crippen molar-refractivity contribution in [3.05, 3.63) is 89.5 Å². The number of alkyl halides is 1. The molecule has 0 spiro atoms. The summed E-state index contributed by atoms with van der Waals surface area (Å²) in [6.07, 6.45) is 8.67. The Bertz CT molecular complexity index is 1260. The van der Waals surface area contributed by atoms with E-state index in [-0.39, 0.29) is 5.82 Å². The molecule has 182 valence electrons. The van der Waals surface area contributed by atoms with E-state index in [2.05, 4.69) is 37.2 Å². The van der Waals surface area contributed by atoms with Crippen molar-refractivity contribution in [2.75, 3.05) is 17.7 Å². The Kier molecular flexibility index (Phi) is 8.06. The molecule has 3 rings (SSSR count). The van der Waals surface area contributed by atoms with Crippen molar-refractivity contribution in [1.29, 1.82) is 0 Å². The number of nitrogens with zero attached hydrogens (tertiary/aromatic N) is 4. The highest BCUT2D eigenvalue weighted by molar-refractivity contribution is 5.82. The first-order valence-corrected chi connectivity index (χ1v) is 11.2. The van der Waals surface area contributed by atoms with Crippen molar-refractivity contribution in [1.82, 2.24) is 15.0 Å². The van der Waals surface area contributed by atoms with E-state index in [9.17, 15) is 8.78 Å². The van der Waals surface area contributed by atoms with Gasteiger partial charge in [-0.05, 0) is 45.4 Å². The van der Waals surface area contributed by atoms with Crippen molar-refractivity contribution in [3.8, 4) is 11.1 Å². The zero-order valence-corrected chi connectivity index (χ0v) is 20.7. The second-order valence-corrected chi connectivity index (χ2v) is 8.60. The van der Waals surface area contributed by atoms with Crippen LogP contribution < -0.4 is 10.6 Å². The molecule has 2 heterocycles. The van der Waals surface area contributed by atoms with E-state index in [4.69, 9.17) is 0 Å². The van der Waals surface area contributed by atoms with Gasteiger partial charge in [0.15, 0.2) is 0 Å². The number of anilines is 2. The summed E-state index contributed by atoms with van der Waals surface area (Å²) >= 11 is 0. The van der Waals surface area contributed by atoms with Crippen LogP contribution in [0.15, 0.2) is 71.9 Å². The summed E-state index contributed by atoms with van der Waals surface area (Å²) in [6.45, 7) is 10.7. The smallest absolute Gasteiger partial charge is 0.227 e. The zero-order chi connectivity index (χ0) is 25.6. The van der Waals surface area contributed by atoms with Crippen molar-refractivity contribution < 1.29 is 8.78 Å². The number of hydrogen-bond donors (Lipinski definition) is 2. The number of aliphatic imine (C=N–C) groups is 1. The highest BCUT2D eigenvalue weighted by Gasteiger charge is 2.22. The molecular weight excluding hydrogens is 446 g/mol. The van der Waals surface area contributed by atoms with Crippen molar-refractivity contribution >= 4 is 17.9 Å². The van der Waals surface area contributed by atoms with Crippen LogP contribution in [0.2, 0.25) is 0 Å². The summed E-state index contributed by atoms with van der Waals surface area (Å²) in [4.78, 5) is 16.8. The van der Waals surface area contributed by atoms with Gasteiger partial charge in [-0.3, -0.25) is 9.98 Å². The van der Waals surface area contributed by atoms with Gasteiger partial charge in [0.1, 0.15) is 11.5 Å². The molecule has 0 aliphatic rings. The van der Waals surface area contributed by atoms with Crippen LogP contribution >= 0.6 is 0 Å². The van der Waals surface area contributed by atoms with Crippen LogP contribution in [-0.4, -0.2) is 28.2 Å². The minimum atomic E-state index is -1.51. The number of nitrogens with one attached hydrogen (secondary N) is 2. The van der Waals surface area contributed by atoms with Gasteiger partial charge in [-0.15, -0.1) is 0 Å². The minimum absolute atomic E-state index is 0.384. The van der Waals surface area contributed by atoms with Gasteiger partial charge in [0.25, 0.3) is 0 Å². The average Bonchev–Trinajstić information content (AvgIpc) is 2.80. The van der Waals surface area contributed by atoms with Gasteiger partial charge in [0, 0.05) is 60.2 Å². The Morgan fingerprint density at radius 1 is 1.11 bits per heavy atom. The number of rotatable bonds is 9. The van der Waals surface area contributed by atoms with E-state index >= 15 is 0 Å². The van der Waals surface area contributed by atoms with E-state index in [0.717, 1.165) is 11.3 Å². The number of halogens is 2. The Morgan fingerprint density at radius 3 is 2.43 bits per heavy atom. The number of hydrogen-bond acceptors (Lipinski definition) is 6. The molecule has 0 saturated carbocycles. The molecule has 0 atom stereocenters. The van der Waals surface area contributed by atoms with Gasteiger partial charge in [-0.1, -0.05) is 24.8 Å². The Labute approximate surface area is 205 Å². The van der Waals surface area contributed by atoms with Gasteiger partial charge < -0.3 is 10.6 Å². The number of aryl methyl sites for hydroxylation is 1. The maximum absolute atomic E-state index is 14.9. The molecule has 0 radical (unpaired) electrons. The molecule has 8 heteroatoms. The van der Waals surface area contributed by atoms with Gasteiger partial charge in [-0.2, -0.15) is 0 Å². The molecule has 2 N–H and O–H groups in total. The first-order chi connectivity index (χ1) is 16.6. The maximum atomic E-state index is 14.9. The summed E-state index contributed by atoms with van der Waals surface area (Å²) < 4.78 is 29.3. The van der Waals surface area contributed by atoms with Crippen LogP contribution in [-0.2, 0) is 12.1 Å². The lowest BCUT2D eigenvalue weighted by Gasteiger charge is -2.19. The van der Waals surface area contributed by atoms with Gasteiger partial charge in [-0.25, -0.2) is 18.7 Å². The fourth-order valence-electron chi connectivity index (χ4n) is 3.58. The molecule has 0 bridgehead atoms.